The zero-order chi connectivity index (χ0) is 15.0. The minimum absolute atomic E-state index is 0.145. The van der Waals surface area contributed by atoms with Gasteiger partial charge in [0.2, 0.25) is 5.76 Å². The summed E-state index contributed by atoms with van der Waals surface area (Å²) in [5, 5.41) is 8.86. The van der Waals surface area contributed by atoms with Gasteiger partial charge in [-0.15, -0.1) is 0 Å². The molecular formula is C15H12N2O4. The van der Waals surface area contributed by atoms with E-state index in [2.05, 4.69) is 4.98 Å². The fourth-order valence-electron chi connectivity index (χ4n) is 2.21. The maximum Gasteiger partial charge on any atom is 0.371 e. The summed E-state index contributed by atoms with van der Waals surface area (Å²) >= 11 is 0. The van der Waals surface area contributed by atoms with Gasteiger partial charge in [0.1, 0.15) is 11.5 Å². The molecule has 0 amide bonds. The molecule has 1 aromatic carbocycles. The molecule has 2 heterocycles. The third-order valence-corrected chi connectivity index (χ3v) is 3.20. The maximum absolute atomic E-state index is 12.3. The zero-order valence-electron chi connectivity index (χ0n) is 11.2. The summed E-state index contributed by atoms with van der Waals surface area (Å²) in [4.78, 5) is 27.4. The number of para-hydroxylation sites is 2. The van der Waals surface area contributed by atoms with E-state index in [4.69, 9.17) is 9.52 Å². The Labute approximate surface area is 119 Å². The van der Waals surface area contributed by atoms with Gasteiger partial charge in [0.05, 0.1) is 17.6 Å². The highest BCUT2D eigenvalue weighted by Crippen LogP contribution is 2.14. The van der Waals surface area contributed by atoms with Crippen molar-refractivity contribution in [1.82, 2.24) is 9.55 Å². The van der Waals surface area contributed by atoms with Crippen LogP contribution in [0.5, 0.6) is 0 Å². The molecule has 0 fully saturated rings. The average Bonchev–Trinajstić information content (AvgIpc) is 2.93. The summed E-state index contributed by atoms with van der Waals surface area (Å²) in [6, 6.07) is 10.2. The number of carboxylic acid groups (broad SMARTS) is 1. The first-order valence-corrected chi connectivity index (χ1v) is 6.34. The molecule has 0 radical (unpaired) electrons. The number of aromatic carboxylic acids is 1. The van der Waals surface area contributed by atoms with Gasteiger partial charge in [0.15, 0.2) is 0 Å². The molecule has 2 aromatic heterocycles. The number of carboxylic acids is 1. The van der Waals surface area contributed by atoms with Crippen LogP contribution in [0.2, 0.25) is 0 Å². The van der Waals surface area contributed by atoms with Crippen LogP contribution in [-0.4, -0.2) is 20.6 Å². The van der Waals surface area contributed by atoms with E-state index in [1.54, 1.807) is 19.1 Å². The lowest BCUT2D eigenvalue weighted by atomic mass is 10.2. The third kappa shape index (κ3) is 2.31. The number of fused-ring (bicyclic) bond motifs is 1. The lowest BCUT2D eigenvalue weighted by Gasteiger charge is -2.09. The van der Waals surface area contributed by atoms with E-state index in [1.165, 1.54) is 10.6 Å². The second-order valence-corrected chi connectivity index (χ2v) is 4.65. The van der Waals surface area contributed by atoms with Crippen LogP contribution in [0.4, 0.5) is 0 Å². The first kappa shape index (κ1) is 13.1. The molecule has 0 saturated carbocycles. The Morgan fingerprint density at radius 3 is 2.76 bits per heavy atom. The van der Waals surface area contributed by atoms with E-state index < -0.39 is 5.97 Å². The van der Waals surface area contributed by atoms with Gasteiger partial charge in [0.25, 0.3) is 5.56 Å². The molecule has 21 heavy (non-hydrogen) atoms. The average molecular weight is 284 g/mol. The molecule has 0 unspecified atom stereocenters. The van der Waals surface area contributed by atoms with E-state index in [0.717, 1.165) is 0 Å². The molecule has 0 saturated heterocycles. The Balaban J connectivity index is 2.12. The van der Waals surface area contributed by atoms with Crippen LogP contribution in [-0.2, 0) is 6.54 Å². The fourth-order valence-corrected chi connectivity index (χ4v) is 2.21. The van der Waals surface area contributed by atoms with Crippen LogP contribution in [0.1, 0.15) is 22.0 Å². The zero-order valence-corrected chi connectivity index (χ0v) is 11.2. The summed E-state index contributed by atoms with van der Waals surface area (Å²) in [7, 11) is 0. The van der Waals surface area contributed by atoms with Crippen LogP contribution < -0.4 is 5.56 Å². The highest BCUT2D eigenvalue weighted by atomic mass is 16.4. The number of carbonyl (C=O) groups is 1. The Hall–Kier alpha value is -2.89. The van der Waals surface area contributed by atoms with E-state index in [1.807, 2.05) is 18.2 Å². The number of rotatable bonds is 3. The Morgan fingerprint density at radius 1 is 1.29 bits per heavy atom. The summed E-state index contributed by atoms with van der Waals surface area (Å²) in [6.45, 7) is 1.81. The normalized spacial score (nSPS) is 10.9. The summed E-state index contributed by atoms with van der Waals surface area (Å²) in [5.41, 5.74) is 1.56. The number of hydrogen-bond donors (Lipinski definition) is 1. The molecule has 0 aliphatic heterocycles. The summed E-state index contributed by atoms with van der Waals surface area (Å²) in [5.74, 6) is -0.872. The van der Waals surface area contributed by atoms with Crippen LogP contribution >= 0.6 is 0 Å². The van der Waals surface area contributed by atoms with Crippen LogP contribution in [0.25, 0.3) is 11.0 Å². The van der Waals surface area contributed by atoms with Gasteiger partial charge < -0.3 is 9.52 Å². The van der Waals surface area contributed by atoms with Gasteiger partial charge in [-0.25, -0.2) is 9.78 Å². The Morgan fingerprint density at radius 2 is 2.05 bits per heavy atom. The summed E-state index contributed by atoms with van der Waals surface area (Å²) < 4.78 is 6.74. The van der Waals surface area contributed by atoms with Crippen molar-refractivity contribution in [2.45, 2.75) is 13.5 Å². The molecule has 6 nitrogen and oxygen atoms in total. The lowest BCUT2D eigenvalue weighted by Crippen LogP contribution is -2.24. The van der Waals surface area contributed by atoms with Gasteiger partial charge in [-0.2, -0.15) is 0 Å². The molecule has 0 aliphatic rings. The van der Waals surface area contributed by atoms with Crippen LogP contribution in [0.15, 0.2) is 45.6 Å². The number of aromatic nitrogens is 2. The number of hydrogen-bond acceptors (Lipinski definition) is 4. The first-order chi connectivity index (χ1) is 10.1. The van der Waals surface area contributed by atoms with Gasteiger partial charge in [0, 0.05) is 0 Å². The minimum atomic E-state index is -1.13. The minimum Gasteiger partial charge on any atom is -0.475 e. The molecule has 6 heteroatoms. The van der Waals surface area contributed by atoms with Gasteiger partial charge in [-0.05, 0) is 31.2 Å². The van der Waals surface area contributed by atoms with Crippen LogP contribution in [0.3, 0.4) is 0 Å². The number of furan rings is 1. The van der Waals surface area contributed by atoms with Gasteiger partial charge in [-0.1, -0.05) is 12.1 Å². The highest BCUT2D eigenvalue weighted by molar-refractivity contribution is 5.84. The highest BCUT2D eigenvalue weighted by Gasteiger charge is 2.12. The molecule has 3 rings (SSSR count). The first-order valence-electron chi connectivity index (χ1n) is 6.34. The summed E-state index contributed by atoms with van der Waals surface area (Å²) in [6.07, 6.45) is 0. The maximum atomic E-state index is 12.3. The third-order valence-electron chi connectivity index (χ3n) is 3.20. The monoisotopic (exact) mass is 284 g/mol. The predicted molar refractivity (Wildman–Crippen MR) is 75.5 cm³/mol. The van der Waals surface area contributed by atoms with Crippen molar-refractivity contribution in [3.05, 3.63) is 64.0 Å². The van der Waals surface area contributed by atoms with E-state index in [-0.39, 0.29) is 17.9 Å². The van der Waals surface area contributed by atoms with Crippen molar-refractivity contribution in [2.75, 3.05) is 0 Å². The molecular weight excluding hydrogens is 272 g/mol. The van der Waals surface area contributed by atoms with E-state index >= 15 is 0 Å². The Kier molecular flexibility index (Phi) is 3.06. The van der Waals surface area contributed by atoms with E-state index in [0.29, 0.717) is 22.5 Å². The molecule has 3 aromatic rings. The second-order valence-electron chi connectivity index (χ2n) is 4.65. The van der Waals surface area contributed by atoms with E-state index in [9.17, 15) is 9.59 Å². The van der Waals surface area contributed by atoms with Gasteiger partial charge in [-0.3, -0.25) is 9.36 Å². The SMILES string of the molecule is Cc1nc2ccccc2n(Cc2ccc(C(=O)O)o2)c1=O. The molecule has 0 aliphatic carbocycles. The predicted octanol–water partition coefficient (Wildman–Crippen LogP) is 2.04. The standard InChI is InChI=1S/C15H12N2O4/c1-9-14(18)17(12-5-3-2-4-11(12)16-9)8-10-6-7-13(21-10)15(19)20/h2-7H,8H2,1H3,(H,19,20). The Bertz CT molecular complexity index is 892. The lowest BCUT2D eigenvalue weighted by molar-refractivity contribution is 0.0660. The van der Waals surface area contributed by atoms with Gasteiger partial charge >= 0.3 is 5.97 Å². The molecule has 0 atom stereocenters. The van der Waals surface area contributed by atoms with Crippen molar-refractivity contribution in [1.29, 1.82) is 0 Å². The van der Waals surface area contributed by atoms with Crippen LogP contribution in [0, 0.1) is 6.92 Å². The molecule has 1 N–H and O–H groups in total. The van der Waals surface area contributed by atoms with Crippen molar-refractivity contribution in [3.63, 3.8) is 0 Å². The largest absolute Gasteiger partial charge is 0.475 e. The van der Waals surface area contributed by atoms with Crippen molar-refractivity contribution in [2.24, 2.45) is 0 Å². The topological polar surface area (TPSA) is 85.3 Å². The number of aryl methyl sites for hydroxylation is 1. The number of nitrogens with zero attached hydrogens (tertiary/aromatic N) is 2. The quantitative estimate of drug-likeness (QED) is 0.795. The smallest absolute Gasteiger partial charge is 0.371 e. The van der Waals surface area contributed by atoms with Crippen molar-refractivity contribution < 1.29 is 14.3 Å². The molecule has 0 bridgehead atoms. The molecule has 0 spiro atoms. The fraction of sp³-hybridized carbons (Fsp3) is 0.133. The van der Waals surface area contributed by atoms with Crippen molar-refractivity contribution >= 4 is 17.0 Å². The number of benzene rings is 1. The van der Waals surface area contributed by atoms with Crippen molar-refractivity contribution in [3.8, 4) is 0 Å². The molecule has 106 valence electrons. The second kappa shape index (κ2) is 4.90.